The van der Waals surface area contributed by atoms with Crippen molar-refractivity contribution in [3.63, 3.8) is 0 Å². The van der Waals surface area contributed by atoms with E-state index in [0.717, 1.165) is 12.8 Å². The van der Waals surface area contributed by atoms with E-state index in [-0.39, 0.29) is 11.8 Å². The highest BCUT2D eigenvalue weighted by molar-refractivity contribution is 7.94. The third-order valence-corrected chi connectivity index (χ3v) is 3.63. The van der Waals surface area contributed by atoms with Crippen LogP contribution in [0, 0.1) is 0 Å². The molecular formula is C10H17NO2S. The fourth-order valence-corrected chi connectivity index (χ4v) is 2.74. The van der Waals surface area contributed by atoms with E-state index in [2.05, 4.69) is 18.8 Å². The van der Waals surface area contributed by atoms with Crippen LogP contribution in [0.2, 0.25) is 0 Å². The quantitative estimate of drug-likeness (QED) is 0.702. The first-order chi connectivity index (χ1) is 6.53. The third-order valence-electron chi connectivity index (χ3n) is 2.23. The maximum Gasteiger partial charge on any atom is 0.173 e. The molecule has 0 aromatic rings. The Kier molecular flexibility index (Phi) is 3.89. The van der Waals surface area contributed by atoms with Crippen LogP contribution in [-0.4, -0.2) is 26.3 Å². The molecule has 4 heteroatoms. The smallest absolute Gasteiger partial charge is 0.173 e. The molecule has 1 aliphatic rings. The lowest BCUT2D eigenvalue weighted by Gasteiger charge is -2.16. The lowest BCUT2D eigenvalue weighted by Crippen LogP contribution is -2.37. The van der Waals surface area contributed by atoms with Gasteiger partial charge in [0.05, 0.1) is 5.75 Å². The summed E-state index contributed by atoms with van der Waals surface area (Å²) in [4.78, 5) is 0. The fourth-order valence-electron chi connectivity index (χ4n) is 1.50. The van der Waals surface area contributed by atoms with Crippen LogP contribution in [0.4, 0.5) is 0 Å². The van der Waals surface area contributed by atoms with Crippen LogP contribution in [-0.2, 0) is 9.84 Å². The summed E-state index contributed by atoms with van der Waals surface area (Å²) in [7, 11) is -2.92. The lowest BCUT2D eigenvalue weighted by atomic mass is 10.1. The molecule has 0 aromatic carbocycles. The number of sulfone groups is 1. The van der Waals surface area contributed by atoms with Gasteiger partial charge in [0.25, 0.3) is 0 Å². The Balaban J connectivity index is 2.33. The molecule has 0 amide bonds. The van der Waals surface area contributed by atoms with Crippen LogP contribution in [0.15, 0.2) is 24.1 Å². The van der Waals surface area contributed by atoms with Crippen molar-refractivity contribution in [1.82, 2.24) is 5.32 Å². The van der Waals surface area contributed by atoms with Crippen molar-refractivity contribution in [1.29, 1.82) is 0 Å². The fraction of sp³-hybridized carbons (Fsp3) is 0.600. The molecule has 1 rings (SSSR count). The van der Waals surface area contributed by atoms with Crippen LogP contribution < -0.4 is 5.32 Å². The summed E-state index contributed by atoms with van der Waals surface area (Å²) in [5.74, 6) is 0.200. The van der Waals surface area contributed by atoms with Gasteiger partial charge in [-0.05, 0) is 19.8 Å². The van der Waals surface area contributed by atoms with Crippen LogP contribution in [0.5, 0.6) is 0 Å². The van der Waals surface area contributed by atoms with Gasteiger partial charge in [-0.1, -0.05) is 12.2 Å². The second-order valence-electron chi connectivity index (χ2n) is 3.70. The van der Waals surface area contributed by atoms with Gasteiger partial charge in [0, 0.05) is 17.5 Å². The summed E-state index contributed by atoms with van der Waals surface area (Å²) in [6, 6.07) is 0.316. The minimum Gasteiger partial charge on any atom is -0.307 e. The zero-order valence-corrected chi connectivity index (χ0v) is 9.26. The number of hydrogen-bond acceptors (Lipinski definition) is 3. The SMILES string of the molecule is C=CCCC(C)NC1C=CS(=O)(=O)C1. The molecule has 0 saturated carbocycles. The summed E-state index contributed by atoms with van der Waals surface area (Å²) >= 11 is 0. The second kappa shape index (κ2) is 4.75. The first-order valence-corrected chi connectivity index (χ1v) is 6.53. The Hall–Kier alpha value is -0.610. The molecule has 0 aliphatic carbocycles. The van der Waals surface area contributed by atoms with Crippen molar-refractivity contribution in [2.45, 2.75) is 31.8 Å². The highest BCUT2D eigenvalue weighted by Gasteiger charge is 2.22. The predicted octanol–water partition coefficient (Wildman–Crippen LogP) is 1.24. The van der Waals surface area contributed by atoms with Crippen LogP contribution >= 0.6 is 0 Å². The van der Waals surface area contributed by atoms with Gasteiger partial charge < -0.3 is 5.32 Å². The summed E-state index contributed by atoms with van der Waals surface area (Å²) in [6.07, 6.45) is 5.55. The average molecular weight is 215 g/mol. The van der Waals surface area contributed by atoms with Crippen molar-refractivity contribution in [3.05, 3.63) is 24.1 Å². The molecule has 3 nitrogen and oxygen atoms in total. The van der Waals surface area contributed by atoms with E-state index in [1.165, 1.54) is 5.41 Å². The van der Waals surface area contributed by atoms with Gasteiger partial charge in [-0.15, -0.1) is 6.58 Å². The van der Waals surface area contributed by atoms with Crippen molar-refractivity contribution in [3.8, 4) is 0 Å². The zero-order valence-electron chi connectivity index (χ0n) is 8.44. The Labute approximate surface area is 85.8 Å². The number of rotatable bonds is 5. The molecule has 2 atom stereocenters. The van der Waals surface area contributed by atoms with Crippen LogP contribution in [0.1, 0.15) is 19.8 Å². The van der Waals surface area contributed by atoms with Crippen LogP contribution in [0.25, 0.3) is 0 Å². The first-order valence-electron chi connectivity index (χ1n) is 4.81. The Bertz CT molecular complexity index is 319. The molecule has 80 valence electrons. The summed E-state index contributed by atoms with van der Waals surface area (Å²) in [5, 5.41) is 4.55. The standard InChI is InChI=1S/C10H17NO2S/c1-3-4-5-9(2)11-10-6-7-14(12,13)8-10/h3,6-7,9-11H,1,4-5,8H2,2H3. The van der Waals surface area contributed by atoms with Gasteiger partial charge in [0.15, 0.2) is 9.84 Å². The highest BCUT2D eigenvalue weighted by Crippen LogP contribution is 2.09. The molecule has 0 aromatic heterocycles. The molecule has 1 N–H and O–H groups in total. The van der Waals surface area contributed by atoms with Crippen molar-refractivity contribution >= 4 is 9.84 Å². The zero-order chi connectivity index (χ0) is 10.6. The summed E-state index contributed by atoms with van der Waals surface area (Å²) in [6.45, 7) is 5.71. The molecule has 1 aliphatic heterocycles. The lowest BCUT2D eigenvalue weighted by molar-refractivity contribution is 0.492. The molecule has 0 fully saturated rings. The molecule has 0 spiro atoms. The third kappa shape index (κ3) is 3.64. The topological polar surface area (TPSA) is 46.2 Å². The Morgan fingerprint density at radius 3 is 2.93 bits per heavy atom. The maximum atomic E-state index is 11.1. The number of hydrogen-bond donors (Lipinski definition) is 1. The van der Waals surface area contributed by atoms with E-state index in [9.17, 15) is 8.42 Å². The van der Waals surface area contributed by atoms with Gasteiger partial charge in [-0.25, -0.2) is 8.42 Å². The molecular weight excluding hydrogens is 198 g/mol. The molecule has 0 bridgehead atoms. The highest BCUT2D eigenvalue weighted by atomic mass is 32.2. The van der Waals surface area contributed by atoms with E-state index in [1.807, 2.05) is 6.08 Å². The van der Waals surface area contributed by atoms with E-state index >= 15 is 0 Å². The Morgan fingerprint density at radius 1 is 1.71 bits per heavy atom. The molecule has 0 saturated heterocycles. The first kappa shape index (κ1) is 11.5. The number of allylic oxidation sites excluding steroid dienone is 1. The van der Waals surface area contributed by atoms with Gasteiger partial charge in [-0.3, -0.25) is 0 Å². The van der Waals surface area contributed by atoms with E-state index in [0.29, 0.717) is 6.04 Å². The number of nitrogens with one attached hydrogen (secondary N) is 1. The summed E-state index contributed by atoms with van der Waals surface area (Å²) < 4.78 is 22.2. The molecule has 1 heterocycles. The molecule has 14 heavy (non-hydrogen) atoms. The van der Waals surface area contributed by atoms with E-state index in [4.69, 9.17) is 0 Å². The maximum absolute atomic E-state index is 11.1. The van der Waals surface area contributed by atoms with Gasteiger partial charge >= 0.3 is 0 Å². The normalized spacial score (nSPS) is 26.2. The minimum absolute atomic E-state index is 0.0141. The van der Waals surface area contributed by atoms with E-state index in [1.54, 1.807) is 6.08 Å². The van der Waals surface area contributed by atoms with Gasteiger partial charge in [0.1, 0.15) is 0 Å². The van der Waals surface area contributed by atoms with Gasteiger partial charge in [0.2, 0.25) is 0 Å². The monoisotopic (exact) mass is 215 g/mol. The average Bonchev–Trinajstić information content (AvgIpc) is 2.42. The molecule has 0 radical (unpaired) electrons. The summed E-state index contributed by atoms with van der Waals surface area (Å²) in [5.41, 5.74) is 0. The predicted molar refractivity (Wildman–Crippen MR) is 58.7 cm³/mol. The van der Waals surface area contributed by atoms with Crippen molar-refractivity contribution in [2.75, 3.05) is 5.75 Å². The van der Waals surface area contributed by atoms with Crippen molar-refractivity contribution in [2.24, 2.45) is 0 Å². The Morgan fingerprint density at radius 2 is 2.43 bits per heavy atom. The van der Waals surface area contributed by atoms with Crippen molar-refractivity contribution < 1.29 is 8.42 Å². The molecule has 2 unspecified atom stereocenters. The van der Waals surface area contributed by atoms with Gasteiger partial charge in [-0.2, -0.15) is 0 Å². The minimum atomic E-state index is -2.92. The second-order valence-corrected chi connectivity index (χ2v) is 5.63. The van der Waals surface area contributed by atoms with E-state index < -0.39 is 9.84 Å². The largest absolute Gasteiger partial charge is 0.307 e. The van der Waals surface area contributed by atoms with Crippen LogP contribution in [0.3, 0.4) is 0 Å².